The van der Waals surface area contributed by atoms with E-state index >= 15 is 0 Å². The lowest BCUT2D eigenvalue weighted by Crippen LogP contribution is -2.48. The number of alkyl halides is 3. The van der Waals surface area contributed by atoms with Crippen LogP contribution in [-0.4, -0.2) is 42.3 Å². The molecular weight excluding hydrogens is 275 g/mol. The molecule has 20 heavy (non-hydrogen) atoms. The summed E-state index contributed by atoms with van der Waals surface area (Å²) in [5.41, 5.74) is 5.11. The van der Waals surface area contributed by atoms with Gasteiger partial charge in [0.1, 0.15) is 0 Å². The molecule has 0 aromatic heterocycles. The predicted molar refractivity (Wildman–Crippen MR) is 67.7 cm³/mol. The number of piperazine rings is 1. The number of nitrogen functional groups attached to an aromatic ring is 1. The quantitative estimate of drug-likeness (QED) is 0.777. The summed E-state index contributed by atoms with van der Waals surface area (Å²) in [5, 5.41) is 8.83. The van der Waals surface area contributed by atoms with Gasteiger partial charge < -0.3 is 20.6 Å². The van der Waals surface area contributed by atoms with Gasteiger partial charge in [-0.25, -0.2) is 4.79 Å². The van der Waals surface area contributed by atoms with Crippen molar-refractivity contribution in [3.05, 3.63) is 23.8 Å². The van der Waals surface area contributed by atoms with Crippen LogP contribution in [0, 0.1) is 0 Å². The summed E-state index contributed by atoms with van der Waals surface area (Å²) in [4.78, 5) is 13.7. The van der Waals surface area contributed by atoms with E-state index in [1.54, 1.807) is 4.90 Å². The Bertz CT molecular complexity index is 511. The first-order chi connectivity index (χ1) is 9.27. The molecule has 2 rings (SSSR count). The zero-order valence-corrected chi connectivity index (χ0v) is 10.5. The lowest BCUT2D eigenvalue weighted by molar-refractivity contribution is -0.137. The maximum atomic E-state index is 12.7. The van der Waals surface area contributed by atoms with Gasteiger partial charge in [-0.3, -0.25) is 0 Å². The molecule has 1 fully saturated rings. The van der Waals surface area contributed by atoms with Crippen LogP contribution in [0.5, 0.6) is 0 Å². The fourth-order valence-electron chi connectivity index (χ4n) is 2.14. The summed E-state index contributed by atoms with van der Waals surface area (Å²) in [6.45, 7) is 1.19. The number of nitrogens with two attached hydrogens (primary N) is 1. The van der Waals surface area contributed by atoms with E-state index < -0.39 is 17.8 Å². The van der Waals surface area contributed by atoms with Gasteiger partial charge in [-0.1, -0.05) is 0 Å². The third-order valence-electron chi connectivity index (χ3n) is 3.18. The Morgan fingerprint density at radius 2 is 1.75 bits per heavy atom. The zero-order chi connectivity index (χ0) is 14.9. The molecule has 1 heterocycles. The second-order valence-electron chi connectivity index (χ2n) is 4.57. The SMILES string of the molecule is Nc1cc(N2CCN(C(=O)O)CC2)cc(C(F)(F)F)c1. The first-order valence-electron chi connectivity index (χ1n) is 5.98. The fourth-order valence-corrected chi connectivity index (χ4v) is 2.14. The predicted octanol–water partition coefficient (Wildman–Crippen LogP) is 2.09. The van der Waals surface area contributed by atoms with Crippen molar-refractivity contribution in [2.45, 2.75) is 6.18 Å². The van der Waals surface area contributed by atoms with E-state index in [4.69, 9.17) is 10.8 Å². The zero-order valence-electron chi connectivity index (χ0n) is 10.5. The van der Waals surface area contributed by atoms with Gasteiger partial charge in [0, 0.05) is 37.6 Å². The molecule has 0 radical (unpaired) electrons. The van der Waals surface area contributed by atoms with Crippen molar-refractivity contribution in [1.29, 1.82) is 0 Å². The Hall–Kier alpha value is -2.12. The number of nitrogens with zero attached hydrogens (tertiary/aromatic N) is 2. The van der Waals surface area contributed by atoms with Gasteiger partial charge in [-0.05, 0) is 18.2 Å². The van der Waals surface area contributed by atoms with E-state index in [9.17, 15) is 18.0 Å². The molecule has 0 aliphatic carbocycles. The normalized spacial score (nSPS) is 16.4. The van der Waals surface area contributed by atoms with Gasteiger partial charge >= 0.3 is 12.3 Å². The van der Waals surface area contributed by atoms with E-state index in [-0.39, 0.29) is 18.8 Å². The van der Waals surface area contributed by atoms with Crippen molar-refractivity contribution in [2.24, 2.45) is 0 Å². The summed E-state index contributed by atoms with van der Waals surface area (Å²) in [6, 6.07) is 3.38. The number of halogens is 3. The third-order valence-corrected chi connectivity index (χ3v) is 3.18. The van der Waals surface area contributed by atoms with Crippen LogP contribution in [0.4, 0.5) is 29.3 Å². The molecule has 1 aliphatic rings. The Labute approximate surface area is 113 Å². The number of hydrogen-bond acceptors (Lipinski definition) is 3. The van der Waals surface area contributed by atoms with Gasteiger partial charge in [0.25, 0.3) is 0 Å². The molecule has 1 saturated heterocycles. The van der Waals surface area contributed by atoms with Crippen molar-refractivity contribution in [1.82, 2.24) is 4.90 Å². The average Bonchev–Trinajstić information content (AvgIpc) is 2.37. The molecule has 0 atom stereocenters. The molecule has 1 aliphatic heterocycles. The third kappa shape index (κ3) is 3.06. The topological polar surface area (TPSA) is 69.8 Å². The molecule has 1 aromatic carbocycles. The number of carbonyl (C=O) groups is 1. The maximum Gasteiger partial charge on any atom is 0.416 e. The highest BCUT2D eigenvalue weighted by Crippen LogP contribution is 2.33. The second kappa shape index (κ2) is 5.10. The van der Waals surface area contributed by atoms with Gasteiger partial charge in [-0.15, -0.1) is 0 Å². The Morgan fingerprint density at radius 1 is 1.15 bits per heavy atom. The average molecular weight is 289 g/mol. The number of hydrogen-bond donors (Lipinski definition) is 2. The Morgan fingerprint density at radius 3 is 2.25 bits per heavy atom. The number of amides is 1. The van der Waals surface area contributed by atoms with Gasteiger partial charge in [0.2, 0.25) is 0 Å². The molecule has 0 spiro atoms. The molecule has 3 N–H and O–H groups in total. The summed E-state index contributed by atoms with van der Waals surface area (Å²) in [7, 11) is 0. The summed E-state index contributed by atoms with van der Waals surface area (Å²) in [5.74, 6) is 0. The fraction of sp³-hybridized carbons (Fsp3) is 0.417. The molecule has 0 bridgehead atoms. The van der Waals surface area contributed by atoms with E-state index in [1.807, 2.05) is 0 Å². The standard InChI is InChI=1S/C12H14F3N3O2/c13-12(14,15)8-5-9(16)7-10(6-8)17-1-3-18(4-2-17)11(19)20/h5-7H,1-4,16H2,(H,19,20). The van der Waals surface area contributed by atoms with Crippen molar-refractivity contribution < 1.29 is 23.1 Å². The lowest BCUT2D eigenvalue weighted by Gasteiger charge is -2.35. The van der Waals surface area contributed by atoms with Gasteiger partial charge in [0.15, 0.2) is 0 Å². The van der Waals surface area contributed by atoms with Crippen LogP contribution in [0.1, 0.15) is 5.56 Å². The molecule has 5 nitrogen and oxygen atoms in total. The van der Waals surface area contributed by atoms with Crippen LogP contribution in [-0.2, 0) is 6.18 Å². The van der Waals surface area contributed by atoms with E-state index in [2.05, 4.69) is 0 Å². The highest BCUT2D eigenvalue weighted by Gasteiger charge is 2.32. The van der Waals surface area contributed by atoms with Gasteiger partial charge in [-0.2, -0.15) is 13.2 Å². The van der Waals surface area contributed by atoms with E-state index in [0.29, 0.717) is 18.8 Å². The Balaban J connectivity index is 2.18. The Kier molecular flexibility index (Phi) is 3.65. The smallest absolute Gasteiger partial charge is 0.416 e. The van der Waals surface area contributed by atoms with Crippen LogP contribution < -0.4 is 10.6 Å². The maximum absolute atomic E-state index is 12.7. The molecule has 1 amide bonds. The first-order valence-corrected chi connectivity index (χ1v) is 5.98. The van der Waals surface area contributed by atoms with Crippen LogP contribution in [0.25, 0.3) is 0 Å². The summed E-state index contributed by atoms with van der Waals surface area (Å²) >= 11 is 0. The van der Waals surface area contributed by atoms with Crippen molar-refractivity contribution >= 4 is 17.5 Å². The lowest BCUT2D eigenvalue weighted by atomic mass is 10.1. The van der Waals surface area contributed by atoms with Gasteiger partial charge in [0.05, 0.1) is 5.56 Å². The van der Waals surface area contributed by atoms with Crippen molar-refractivity contribution in [3.8, 4) is 0 Å². The monoisotopic (exact) mass is 289 g/mol. The summed E-state index contributed by atoms with van der Waals surface area (Å²) < 4.78 is 38.2. The highest BCUT2D eigenvalue weighted by atomic mass is 19.4. The van der Waals surface area contributed by atoms with E-state index in [1.165, 1.54) is 11.0 Å². The number of carboxylic acid groups (broad SMARTS) is 1. The largest absolute Gasteiger partial charge is 0.465 e. The van der Waals surface area contributed by atoms with Crippen molar-refractivity contribution in [3.63, 3.8) is 0 Å². The first kappa shape index (κ1) is 14.3. The number of rotatable bonds is 1. The van der Waals surface area contributed by atoms with Crippen molar-refractivity contribution in [2.75, 3.05) is 36.8 Å². The molecule has 8 heteroatoms. The summed E-state index contributed by atoms with van der Waals surface area (Å²) in [6.07, 6.45) is -5.47. The van der Waals surface area contributed by atoms with Crippen LogP contribution in [0.3, 0.4) is 0 Å². The highest BCUT2D eigenvalue weighted by molar-refractivity contribution is 5.66. The number of anilines is 2. The van der Waals surface area contributed by atoms with E-state index in [0.717, 1.165) is 12.1 Å². The minimum absolute atomic E-state index is 0.0375. The van der Waals surface area contributed by atoms with Crippen LogP contribution >= 0.6 is 0 Å². The molecule has 0 saturated carbocycles. The number of benzene rings is 1. The minimum atomic E-state index is -4.45. The van der Waals surface area contributed by atoms with Crippen LogP contribution in [0.2, 0.25) is 0 Å². The van der Waals surface area contributed by atoms with Crippen LogP contribution in [0.15, 0.2) is 18.2 Å². The molecular formula is C12H14F3N3O2. The second-order valence-corrected chi connectivity index (χ2v) is 4.57. The molecule has 0 unspecified atom stereocenters. The molecule has 1 aromatic rings. The molecule has 110 valence electrons. The minimum Gasteiger partial charge on any atom is -0.465 e.